The van der Waals surface area contributed by atoms with Gasteiger partial charge in [-0.2, -0.15) is 12.6 Å². The quantitative estimate of drug-likeness (QED) is 0.380. The van der Waals surface area contributed by atoms with Gasteiger partial charge in [-0.1, -0.05) is 48.5 Å². The van der Waals surface area contributed by atoms with Crippen LogP contribution in [0.25, 0.3) is 11.1 Å². The molecule has 3 aromatic rings. The maximum atomic E-state index is 12.9. The van der Waals surface area contributed by atoms with E-state index >= 15 is 0 Å². The zero-order valence-corrected chi connectivity index (χ0v) is 20.6. The van der Waals surface area contributed by atoms with Gasteiger partial charge < -0.3 is 24.6 Å². The highest BCUT2D eigenvalue weighted by atomic mass is 32.1. The molecule has 2 N–H and O–H groups in total. The standard InChI is InChI=1S/C27H29BN2O4S/c1-18-19(17-35)14-20(15-26(18)28(32)33)29-10-12-30(13-11-29)27(31)34-16-25-23-8-4-2-6-21(23)22-7-3-5-9-24(22)25/h2-9,14-15,25,32-33,35H,10-13,16-17H2,1H3. The highest BCUT2D eigenvalue weighted by molar-refractivity contribution is 7.79. The molecule has 0 bridgehead atoms. The first-order valence-corrected chi connectivity index (χ1v) is 12.6. The van der Waals surface area contributed by atoms with Crippen molar-refractivity contribution in [3.8, 4) is 11.1 Å². The van der Waals surface area contributed by atoms with E-state index < -0.39 is 7.12 Å². The number of nitrogens with zero attached hydrogens (tertiary/aromatic N) is 2. The monoisotopic (exact) mass is 488 g/mol. The molecule has 180 valence electrons. The summed E-state index contributed by atoms with van der Waals surface area (Å²) in [4.78, 5) is 16.8. The van der Waals surface area contributed by atoms with Gasteiger partial charge in [0.05, 0.1) is 0 Å². The van der Waals surface area contributed by atoms with Gasteiger partial charge in [0.2, 0.25) is 0 Å². The van der Waals surface area contributed by atoms with E-state index in [0.29, 0.717) is 44.0 Å². The first kappa shape index (κ1) is 23.8. The van der Waals surface area contributed by atoms with Crippen LogP contribution in [0.3, 0.4) is 0 Å². The number of benzene rings is 3. The van der Waals surface area contributed by atoms with E-state index in [0.717, 1.165) is 16.8 Å². The third-order valence-corrected chi connectivity index (χ3v) is 7.57. The molecule has 1 saturated heterocycles. The fourth-order valence-electron chi connectivity index (χ4n) is 5.23. The Morgan fingerprint density at radius 2 is 1.60 bits per heavy atom. The van der Waals surface area contributed by atoms with Gasteiger partial charge in [0.25, 0.3) is 0 Å². The smallest absolute Gasteiger partial charge is 0.448 e. The molecular formula is C27H29BN2O4S. The molecule has 1 fully saturated rings. The predicted molar refractivity (Wildman–Crippen MR) is 143 cm³/mol. The molecule has 0 saturated carbocycles. The number of carbonyl (C=O) groups excluding carboxylic acids is 1. The average molecular weight is 488 g/mol. The lowest BCUT2D eigenvalue weighted by molar-refractivity contribution is 0.0977. The van der Waals surface area contributed by atoms with Crippen LogP contribution in [0.15, 0.2) is 60.7 Å². The summed E-state index contributed by atoms with van der Waals surface area (Å²) < 4.78 is 5.82. The molecular weight excluding hydrogens is 459 g/mol. The summed E-state index contributed by atoms with van der Waals surface area (Å²) in [7, 11) is -1.53. The van der Waals surface area contributed by atoms with Crippen LogP contribution < -0.4 is 10.4 Å². The number of piperazine rings is 1. The lowest BCUT2D eigenvalue weighted by Gasteiger charge is -2.36. The molecule has 0 aromatic heterocycles. The highest BCUT2D eigenvalue weighted by Gasteiger charge is 2.30. The van der Waals surface area contributed by atoms with E-state index in [2.05, 4.69) is 41.8 Å². The second kappa shape index (κ2) is 9.97. The van der Waals surface area contributed by atoms with Crippen molar-refractivity contribution >= 4 is 37.0 Å². The minimum Gasteiger partial charge on any atom is -0.448 e. The van der Waals surface area contributed by atoms with Crippen molar-refractivity contribution in [1.29, 1.82) is 0 Å². The molecule has 6 nitrogen and oxygen atoms in total. The molecule has 5 rings (SSSR count). The van der Waals surface area contributed by atoms with Crippen LogP contribution in [-0.4, -0.2) is 60.9 Å². The fraction of sp³-hybridized carbons (Fsp3) is 0.296. The number of hydrogen-bond acceptors (Lipinski definition) is 6. The summed E-state index contributed by atoms with van der Waals surface area (Å²) >= 11 is 4.39. The van der Waals surface area contributed by atoms with Crippen LogP contribution in [0.2, 0.25) is 0 Å². The van der Waals surface area contributed by atoms with Crippen LogP contribution in [0, 0.1) is 6.92 Å². The molecule has 0 unspecified atom stereocenters. The van der Waals surface area contributed by atoms with Crippen molar-refractivity contribution in [2.24, 2.45) is 0 Å². The number of amides is 1. The third-order valence-electron chi connectivity index (χ3n) is 7.23. The third kappa shape index (κ3) is 4.54. The van der Waals surface area contributed by atoms with Gasteiger partial charge in [0.15, 0.2) is 0 Å². The van der Waals surface area contributed by atoms with Crippen molar-refractivity contribution in [2.45, 2.75) is 18.6 Å². The van der Waals surface area contributed by atoms with Crippen molar-refractivity contribution < 1.29 is 19.6 Å². The number of ether oxygens (including phenoxy) is 1. The second-order valence-corrected chi connectivity index (χ2v) is 9.45. The Hall–Kier alpha value is -2.94. The molecule has 8 heteroatoms. The summed E-state index contributed by atoms with van der Waals surface area (Å²) in [6, 6.07) is 20.5. The molecule has 0 radical (unpaired) electrons. The molecule has 3 aromatic carbocycles. The van der Waals surface area contributed by atoms with Gasteiger partial charge in [-0.3, -0.25) is 0 Å². The molecule has 0 spiro atoms. The number of rotatable bonds is 5. The first-order valence-electron chi connectivity index (χ1n) is 11.9. The lowest BCUT2D eigenvalue weighted by Crippen LogP contribution is -2.49. The zero-order valence-electron chi connectivity index (χ0n) is 19.7. The minimum atomic E-state index is -1.53. The lowest BCUT2D eigenvalue weighted by atomic mass is 9.75. The van der Waals surface area contributed by atoms with Crippen molar-refractivity contribution in [1.82, 2.24) is 4.90 Å². The molecule has 1 heterocycles. The van der Waals surface area contributed by atoms with Crippen molar-refractivity contribution in [3.63, 3.8) is 0 Å². The Morgan fingerprint density at radius 3 is 2.17 bits per heavy atom. The minimum absolute atomic E-state index is 0.0446. The van der Waals surface area contributed by atoms with Gasteiger partial charge in [0.1, 0.15) is 6.61 Å². The van der Waals surface area contributed by atoms with E-state index in [-0.39, 0.29) is 12.0 Å². The Kier molecular flexibility index (Phi) is 6.78. The van der Waals surface area contributed by atoms with E-state index in [9.17, 15) is 14.8 Å². The number of fused-ring (bicyclic) bond motifs is 3. The predicted octanol–water partition coefficient (Wildman–Crippen LogP) is 3.18. The number of carbonyl (C=O) groups is 1. The SMILES string of the molecule is Cc1c(CS)cc(N2CCN(C(=O)OCC3c4ccccc4-c4ccccc43)CC2)cc1B(O)O. The van der Waals surface area contributed by atoms with Gasteiger partial charge in [0, 0.05) is 43.5 Å². The maximum absolute atomic E-state index is 12.9. The maximum Gasteiger partial charge on any atom is 0.488 e. The van der Waals surface area contributed by atoms with E-state index in [1.54, 1.807) is 4.90 Å². The van der Waals surface area contributed by atoms with Crippen LogP contribution >= 0.6 is 12.6 Å². The molecule has 1 aliphatic carbocycles. The normalized spacial score (nSPS) is 15.1. The van der Waals surface area contributed by atoms with Crippen LogP contribution in [-0.2, 0) is 10.5 Å². The van der Waals surface area contributed by atoms with Crippen molar-refractivity contribution in [3.05, 3.63) is 82.9 Å². The van der Waals surface area contributed by atoms with Gasteiger partial charge in [-0.15, -0.1) is 0 Å². The van der Waals surface area contributed by atoms with Crippen LogP contribution in [0.5, 0.6) is 0 Å². The van der Waals surface area contributed by atoms with Gasteiger partial charge in [-0.05, 0) is 57.9 Å². The Bertz CT molecular complexity index is 1200. The Morgan fingerprint density at radius 1 is 1.00 bits per heavy atom. The van der Waals surface area contributed by atoms with Gasteiger partial charge in [-0.25, -0.2) is 4.79 Å². The Balaban J connectivity index is 1.23. The summed E-state index contributed by atoms with van der Waals surface area (Å²) in [6.07, 6.45) is -0.294. The summed E-state index contributed by atoms with van der Waals surface area (Å²) in [6.45, 7) is 4.54. The molecule has 35 heavy (non-hydrogen) atoms. The molecule has 1 aliphatic heterocycles. The molecule has 2 aliphatic rings. The Labute approximate surface area is 211 Å². The van der Waals surface area contributed by atoms with Crippen LogP contribution in [0.4, 0.5) is 10.5 Å². The number of thiol groups is 1. The van der Waals surface area contributed by atoms with Gasteiger partial charge >= 0.3 is 13.2 Å². The molecule has 0 atom stereocenters. The summed E-state index contributed by atoms with van der Waals surface area (Å²) in [5.41, 5.74) is 8.04. The number of anilines is 1. The summed E-state index contributed by atoms with van der Waals surface area (Å²) in [5.74, 6) is 0.558. The first-order chi connectivity index (χ1) is 17.0. The molecule has 1 amide bonds. The van der Waals surface area contributed by atoms with Crippen LogP contribution in [0.1, 0.15) is 28.2 Å². The largest absolute Gasteiger partial charge is 0.488 e. The van der Waals surface area contributed by atoms with E-state index in [4.69, 9.17) is 4.74 Å². The average Bonchev–Trinajstić information content (AvgIpc) is 3.21. The van der Waals surface area contributed by atoms with Crippen molar-refractivity contribution in [2.75, 3.05) is 37.7 Å². The number of hydrogen-bond donors (Lipinski definition) is 3. The zero-order chi connectivity index (χ0) is 24.5. The van der Waals surface area contributed by atoms with E-state index in [1.807, 2.05) is 43.3 Å². The highest BCUT2D eigenvalue weighted by Crippen LogP contribution is 2.44. The fourth-order valence-corrected chi connectivity index (χ4v) is 5.56. The summed E-state index contributed by atoms with van der Waals surface area (Å²) in [5, 5.41) is 19.6. The topological polar surface area (TPSA) is 73.2 Å². The van der Waals surface area contributed by atoms with E-state index in [1.165, 1.54) is 22.3 Å². The second-order valence-electron chi connectivity index (χ2n) is 9.13.